The first-order valence-electron chi connectivity index (χ1n) is 8.27. The predicted octanol–water partition coefficient (Wildman–Crippen LogP) is 0.247. The van der Waals surface area contributed by atoms with E-state index in [2.05, 4.69) is 5.10 Å². The first-order chi connectivity index (χ1) is 11.2. The van der Waals surface area contributed by atoms with Crippen molar-refractivity contribution in [2.45, 2.75) is 44.7 Å². The molecule has 7 nitrogen and oxygen atoms in total. The van der Waals surface area contributed by atoms with Gasteiger partial charge in [-0.25, -0.2) is 4.68 Å². The van der Waals surface area contributed by atoms with Crippen molar-refractivity contribution in [3.05, 3.63) is 28.7 Å². The molecule has 1 aromatic rings. The Labute approximate surface area is 134 Å². The van der Waals surface area contributed by atoms with Gasteiger partial charge < -0.3 is 9.80 Å². The summed E-state index contributed by atoms with van der Waals surface area (Å²) in [5.41, 5.74) is -0.216. The molecule has 124 valence electrons. The normalized spacial score (nSPS) is 21.0. The molecule has 2 amide bonds. The van der Waals surface area contributed by atoms with Crippen LogP contribution in [0.5, 0.6) is 0 Å². The summed E-state index contributed by atoms with van der Waals surface area (Å²) in [4.78, 5) is 40.2. The van der Waals surface area contributed by atoms with Crippen molar-refractivity contribution in [3.8, 4) is 0 Å². The third kappa shape index (κ3) is 3.43. The van der Waals surface area contributed by atoms with E-state index in [0.717, 1.165) is 38.8 Å². The molecule has 0 unspecified atom stereocenters. The molecule has 0 spiro atoms. The first-order valence-corrected chi connectivity index (χ1v) is 8.27. The number of rotatable bonds is 4. The molecule has 3 heterocycles. The summed E-state index contributed by atoms with van der Waals surface area (Å²) in [5.74, 6) is 0.0148. The van der Waals surface area contributed by atoms with Crippen molar-refractivity contribution < 1.29 is 9.59 Å². The quantitative estimate of drug-likeness (QED) is 0.797. The van der Waals surface area contributed by atoms with E-state index in [0.29, 0.717) is 6.54 Å². The Morgan fingerprint density at radius 1 is 1.17 bits per heavy atom. The molecule has 0 aliphatic carbocycles. The van der Waals surface area contributed by atoms with Gasteiger partial charge in [-0.2, -0.15) is 5.10 Å². The molecule has 7 heteroatoms. The standard InChI is InChI=1S/C16H22N4O3/c21-14(7-12-20-15(22)6-3-8-17-20)19-11-4-5-13(19)16(23)18-9-1-2-10-18/h3,6,8,13H,1-2,4-5,7,9-12H2/t13-/m0/s1. The average molecular weight is 318 g/mol. The van der Waals surface area contributed by atoms with Gasteiger partial charge in [-0.1, -0.05) is 0 Å². The fraction of sp³-hybridized carbons (Fsp3) is 0.625. The van der Waals surface area contributed by atoms with E-state index in [1.165, 1.54) is 16.9 Å². The number of aryl methyl sites for hydroxylation is 1. The topological polar surface area (TPSA) is 75.5 Å². The van der Waals surface area contributed by atoms with Crippen LogP contribution in [0.25, 0.3) is 0 Å². The van der Waals surface area contributed by atoms with Crippen LogP contribution in [0.15, 0.2) is 23.1 Å². The number of aromatic nitrogens is 2. The van der Waals surface area contributed by atoms with Crippen LogP contribution in [0.2, 0.25) is 0 Å². The minimum absolute atomic E-state index is 0.0717. The predicted molar refractivity (Wildman–Crippen MR) is 83.7 cm³/mol. The van der Waals surface area contributed by atoms with Crippen LogP contribution in [0.4, 0.5) is 0 Å². The number of carbonyl (C=O) groups excluding carboxylic acids is 2. The number of hydrogen-bond donors (Lipinski definition) is 0. The summed E-state index contributed by atoms with van der Waals surface area (Å²) in [5, 5.41) is 3.95. The number of likely N-dealkylation sites (tertiary alicyclic amines) is 2. The van der Waals surface area contributed by atoms with Gasteiger partial charge in [-0.05, 0) is 31.7 Å². The summed E-state index contributed by atoms with van der Waals surface area (Å²) < 4.78 is 1.28. The van der Waals surface area contributed by atoms with Gasteiger partial charge in [0.05, 0.1) is 6.54 Å². The Morgan fingerprint density at radius 2 is 1.96 bits per heavy atom. The lowest BCUT2D eigenvalue weighted by atomic mass is 10.2. The summed E-state index contributed by atoms with van der Waals surface area (Å²) in [6.07, 6.45) is 5.43. The Balaban J connectivity index is 1.60. The summed E-state index contributed by atoms with van der Waals surface area (Å²) >= 11 is 0. The van der Waals surface area contributed by atoms with Crippen LogP contribution in [-0.4, -0.2) is 57.1 Å². The van der Waals surface area contributed by atoms with Crippen LogP contribution in [0, 0.1) is 0 Å². The number of nitrogens with zero attached hydrogens (tertiary/aromatic N) is 4. The Kier molecular flexibility index (Phi) is 4.73. The lowest BCUT2D eigenvalue weighted by Gasteiger charge is -2.27. The van der Waals surface area contributed by atoms with E-state index in [-0.39, 0.29) is 36.4 Å². The van der Waals surface area contributed by atoms with Crippen molar-refractivity contribution in [1.82, 2.24) is 19.6 Å². The number of amides is 2. The largest absolute Gasteiger partial charge is 0.341 e. The third-order valence-electron chi connectivity index (χ3n) is 4.60. The molecule has 1 atom stereocenters. The van der Waals surface area contributed by atoms with Crippen molar-refractivity contribution >= 4 is 11.8 Å². The molecule has 0 bridgehead atoms. The van der Waals surface area contributed by atoms with Gasteiger partial charge in [0, 0.05) is 38.3 Å². The first kappa shape index (κ1) is 15.7. The van der Waals surface area contributed by atoms with Crippen molar-refractivity contribution in [1.29, 1.82) is 0 Å². The zero-order chi connectivity index (χ0) is 16.2. The summed E-state index contributed by atoms with van der Waals surface area (Å²) in [6.45, 7) is 2.49. The van der Waals surface area contributed by atoms with Gasteiger partial charge in [0.15, 0.2) is 0 Å². The molecular weight excluding hydrogens is 296 g/mol. The molecule has 2 fully saturated rings. The Hall–Kier alpha value is -2.18. The van der Waals surface area contributed by atoms with E-state index >= 15 is 0 Å². The molecule has 0 aromatic carbocycles. The van der Waals surface area contributed by atoms with Gasteiger partial charge in [0.2, 0.25) is 11.8 Å². The zero-order valence-electron chi connectivity index (χ0n) is 13.2. The molecule has 0 saturated carbocycles. The van der Waals surface area contributed by atoms with Crippen LogP contribution < -0.4 is 5.56 Å². The third-order valence-corrected chi connectivity index (χ3v) is 4.60. The van der Waals surface area contributed by atoms with Gasteiger partial charge in [-0.15, -0.1) is 0 Å². The fourth-order valence-electron chi connectivity index (χ4n) is 3.37. The number of carbonyl (C=O) groups is 2. The molecular formula is C16H22N4O3. The lowest BCUT2D eigenvalue weighted by molar-refractivity contribution is -0.143. The van der Waals surface area contributed by atoms with Gasteiger partial charge in [-0.3, -0.25) is 14.4 Å². The van der Waals surface area contributed by atoms with E-state index in [1.54, 1.807) is 11.0 Å². The molecule has 2 saturated heterocycles. The molecule has 23 heavy (non-hydrogen) atoms. The monoisotopic (exact) mass is 318 g/mol. The van der Waals surface area contributed by atoms with Gasteiger partial charge in [0.1, 0.15) is 6.04 Å². The Morgan fingerprint density at radius 3 is 2.70 bits per heavy atom. The molecule has 3 rings (SSSR count). The zero-order valence-corrected chi connectivity index (χ0v) is 13.2. The summed E-state index contributed by atoms with van der Waals surface area (Å²) in [6, 6.07) is 2.68. The second kappa shape index (κ2) is 6.93. The highest BCUT2D eigenvalue weighted by Crippen LogP contribution is 2.22. The Bertz CT molecular complexity index is 636. The minimum Gasteiger partial charge on any atom is -0.341 e. The second-order valence-electron chi connectivity index (χ2n) is 6.11. The van der Waals surface area contributed by atoms with Crippen LogP contribution in [0.3, 0.4) is 0 Å². The highest BCUT2D eigenvalue weighted by molar-refractivity contribution is 5.88. The second-order valence-corrected chi connectivity index (χ2v) is 6.11. The van der Waals surface area contributed by atoms with Crippen molar-refractivity contribution in [2.75, 3.05) is 19.6 Å². The highest BCUT2D eigenvalue weighted by atomic mass is 16.2. The maximum absolute atomic E-state index is 12.6. The van der Waals surface area contributed by atoms with Crippen LogP contribution in [0.1, 0.15) is 32.1 Å². The van der Waals surface area contributed by atoms with E-state index in [1.807, 2.05) is 4.90 Å². The minimum atomic E-state index is -0.318. The SMILES string of the molecule is O=C([C@@H]1CCCN1C(=O)CCn1ncccc1=O)N1CCCC1. The fourth-order valence-corrected chi connectivity index (χ4v) is 3.37. The van der Waals surface area contributed by atoms with Crippen LogP contribution in [-0.2, 0) is 16.1 Å². The van der Waals surface area contributed by atoms with Crippen molar-refractivity contribution in [2.24, 2.45) is 0 Å². The average Bonchev–Trinajstić information content (AvgIpc) is 3.24. The maximum atomic E-state index is 12.6. The molecule has 0 N–H and O–H groups in total. The summed E-state index contributed by atoms with van der Waals surface area (Å²) in [7, 11) is 0. The molecule has 2 aliphatic heterocycles. The van der Waals surface area contributed by atoms with Gasteiger partial charge >= 0.3 is 0 Å². The van der Waals surface area contributed by atoms with Crippen molar-refractivity contribution in [3.63, 3.8) is 0 Å². The smallest absolute Gasteiger partial charge is 0.266 e. The van der Waals surface area contributed by atoms with E-state index in [4.69, 9.17) is 0 Å². The van der Waals surface area contributed by atoms with E-state index < -0.39 is 0 Å². The molecule has 0 radical (unpaired) electrons. The maximum Gasteiger partial charge on any atom is 0.266 e. The lowest BCUT2D eigenvalue weighted by Crippen LogP contribution is -2.47. The van der Waals surface area contributed by atoms with Gasteiger partial charge in [0.25, 0.3) is 5.56 Å². The highest BCUT2D eigenvalue weighted by Gasteiger charge is 2.36. The molecule has 2 aliphatic rings. The molecule has 1 aromatic heterocycles. The number of hydrogen-bond acceptors (Lipinski definition) is 4. The van der Waals surface area contributed by atoms with E-state index in [9.17, 15) is 14.4 Å². The van der Waals surface area contributed by atoms with Crippen LogP contribution >= 0.6 is 0 Å².